The predicted octanol–water partition coefficient (Wildman–Crippen LogP) is 2.77. The first-order chi connectivity index (χ1) is 13.0. The van der Waals surface area contributed by atoms with Crippen LogP contribution in [-0.4, -0.2) is 44.4 Å². The molecule has 1 aromatic rings. The number of nitro benzene ring substituents is 1. The van der Waals surface area contributed by atoms with E-state index in [1.165, 1.54) is 0 Å². The van der Waals surface area contributed by atoms with Gasteiger partial charge in [-0.15, -0.1) is 0 Å². The number of hydrogen-bond acceptors (Lipinski definition) is 8. The van der Waals surface area contributed by atoms with Crippen LogP contribution in [0.5, 0.6) is 0 Å². The Bertz CT molecular complexity index is 870. The zero-order valence-electron chi connectivity index (χ0n) is 14.3. The molecule has 0 saturated carbocycles. The highest BCUT2D eigenvalue weighted by atomic mass is 79.9. The van der Waals surface area contributed by atoms with Crippen LogP contribution in [0, 0.1) is 10.1 Å². The smallest absolute Gasteiger partial charge is 0.418 e. The van der Waals surface area contributed by atoms with Crippen molar-refractivity contribution in [2.75, 3.05) is 32.5 Å². The number of nitro groups is 1. The molecule has 0 unspecified atom stereocenters. The van der Waals surface area contributed by atoms with Crippen LogP contribution in [0.1, 0.15) is 5.56 Å². The van der Waals surface area contributed by atoms with Gasteiger partial charge in [0, 0.05) is 10.5 Å². The van der Waals surface area contributed by atoms with E-state index in [1.54, 1.807) is 0 Å². The number of esters is 2. The molecule has 0 aromatic heterocycles. The van der Waals surface area contributed by atoms with Crippen LogP contribution in [-0.2, 0) is 30.0 Å². The van der Waals surface area contributed by atoms with Crippen molar-refractivity contribution >= 4 is 39.2 Å². The normalized spacial score (nSPS) is 14.7. The van der Waals surface area contributed by atoms with Gasteiger partial charge in [0.2, 0.25) is 0 Å². The van der Waals surface area contributed by atoms with Crippen molar-refractivity contribution in [2.24, 2.45) is 0 Å². The molecule has 152 valence electrons. The number of benzene rings is 1. The van der Waals surface area contributed by atoms with Gasteiger partial charge in [0.15, 0.2) is 0 Å². The minimum Gasteiger partial charge on any atom is -0.466 e. The van der Waals surface area contributed by atoms with Crippen LogP contribution < -0.4 is 4.90 Å². The molecule has 0 radical (unpaired) electrons. The van der Waals surface area contributed by atoms with E-state index >= 15 is 0 Å². The maximum atomic E-state index is 13.6. The van der Waals surface area contributed by atoms with Gasteiger partial charge in [-0.25, -0.2) is 9.59 Å². The maximum absolute atomic E-state index is 13.6. The van der Waals surface area contributed by atoms with Crippen LogP contribution >= 0.6 is 15.9 Å². The van der Waals surface area contributed by atoms with Gasteiger partial charge in [0.1, 0.15) is 18.1 Å². The summed E-state index contributed by atoms with van der Waals surface area (Å²) < 4.78 is 54.8. The number of alkyl halides is 3. The second kappa shape index (κ2) is 8.14. The Morgan fingerprint density at radius 1 is 1.25 bits per heavy atom. The molecule has 0 saturated heterocycles. The monoisotopic (exact) mass is 468 g/mol. The first-order valence-electron chi connectivity index (χ1n) is 7.33. The number of carbonyl (C=O) groups is 2. The number of rotatable bonds is 4. The number of ether oxygens (including phenoxy) is 3. The fraction of sp³-hybridized carbons (Fsp3) is 0.333. The molecule has 1 aromatic carbocycles. The van der Waals surface area contributed by atoms with Gasteiger partial charge in [-0.2, -0.15) is 13.2 Å². The lowest BCUT2D eigenvalue weighted by Crippen LogP contribution is -2.40. The molecule has 0 spiro atoms. The molecule has 0 atom stereocenters. The van der Waals surface area contributed by atoms with E-state index in [1.807, 2.05) is 0 Å². The van der Waals surface area contributed by atoms with Crippen molar-refractivity contribution < 1.29 is 41.9 Å². The SMILES string of the molecule is COC(=O)C1=C(C(=O)OC)N(c2c([N+](=O)[O-])cc(Br)cc2C(F)(F)F)COC1. The molecule has 0 N–H and O–H groups in total. The predicted molar refractivity (Wildman–Crippen MR) is 90.2 cm³/mol. The molecule has 28 heavy (non-hydrogen) atoms. The molecule has 0 amide bonds. The van der Waals surface area contributed by atoms with Crippen LogP contribution in [0.15, 0.2) is 27.9 Å². The van der Waals surface area contributed by atoms with Crippen LogP contribution in [0.4, 0.5) is 24.5 Å². The summed E-state index contributed by atoms with van der Waals surface area (Å²) in [6.45, 7) is -1.13. The summed E-state index contributed by atoms with van der Waals surface area (Å²) in [6.07, 6.45) is -5.02. The zero-order chi connectivity index (χ0) is 21.2. The Labute approximate surface area is 163 Å². The number of halogens is 4. The molecule has 1 aliphatic rings. The quantitative estimate of drug-likeness (QED) is 0.377. The molecule has 1 aliphatic heterocycles. The van der Waals surface area contributed by atoms with Gasteiger partial charge in [-0.3, -0.25) is 10.1 Å². The van der Waals surface area contributed by atoms with Gasteiger partial charge < -0.3 is 19.1 Å². The Morgan fingerprint density at radius 2 is 1.86 bits per heavy atom. The summed E-state index contributed by atoms with van der Waals surface area (Å²) in [6, 6.07) is 1.45. The van der Waals surface area contributed by atoms with Crippen LogP contribution in [0.2, 0.25) is 0 Å². The van der Waals surface area contributed by atoms with Crippen molar-refractivity contribution in [2.45, 2.75) is 6.18 Å². The molecular weight excluding hydrogens is 457 g/mol. The number of anilines is 1. The first-order valence-corrected chi connectivity index (χ1v) is 8.12. The van der Waals surface area contributed by atoms with Crippen molar-refractivity contribution in [1.29, 1.82) is 0 Å². The van der Waals surface area contributed by atoms with E-state index in [2.05, 4.69) is 25.4 Å². The third-order valence-corrected chi connectivity index (χ3v) is 4.12. The van der Waals surface area contributed by atoms with E-state index < -0.39 is 64.6 Å². The average Bonchev–Trinajstić information content (AvgIpc) is 2.64. The fourth-order valence-corrected chi connectivity index (χ4v) is 2.99. The highest BCUT2D eigenvalue weighted by molar-refractivity contribution is 9.10. The molecular formula is C15H12BrF3N2O7. The number of methoxy groups -OCH3 is 2. The van der Waals surface area contributed by atoms with E-state index in [9.17, 15) is 32.9 Å². The number of hydrogen-bond donors (Lipinski definition) is 0. The summed E-state index contributed by atoms with van der Waals surface area (Å²) in [5.74, 6) is -2.24. The summed E-state index contributed by atoms with van der Waals surface area (Å²) in [4.78, 5) is 35.2. The molecule has 13 heteroatoms. The molecule has 9 nitrogen and oxygen atoms in total. The number of nitrogens with zero attached hydrogens (tertiary/aromatic N) is 2. The third-order valence-electron chi connectivity index (χ3n) is 3.66. The van der Waals surface area contributed by atoms with E-state index in [0.29, 0.717) is 11.0 Å². The molecule has 1 heterocycles. The minimum absolute atomic E-state index is 0.204. The van der Waals surface area contributed by atoms with Gasteiger partial charge in [0.05, 0.1) is 36.9 Å². The van der Waals surface area contributed by atoms with Gasteiger partial charge >= 0.3 is 18.1 Å². The van der Waals surface area contributed by atoms with Gasteiger partial charge in [0.25, 0.3) is 5.69 Å². The van der Waals surface area contributed by atoms with E-state index in [0.717, 1.165) is 20.3 Å². The third kappa shape index (κ3) is 4.09. The summed E-state index contributed by atoms with van der Waals surface area (Å²) in [7, 11) is 1.94. The van der Waals surface area contributed by atoms with Crippen molar-refractivity contribution in [3.05, 3.63) is 43.6 Å². The van der Waals surface area contributed by atoms with Crippen molar-refractivity contribution in [1.82, 2.24) is 0 Å². The molecule has 0 fully saturated rings. The zero-order valence-corrected chi connectivity index (χ0v) is 15.9. The highest BCUT2D eigenvalue weighted by Crippen LogP contribution is 2.45. The molecule has 2 rings (SSSR count). The van der Waals surface area contributed by atoms with Crippen molar-refractivity contribution in [3.63, 3.8) is 0 Å². The lowest BCUT2D eigenvalue weighted by atomic mass is 10.1. The molecule has 0 bridgehead atoms. The van der Waals surface area contributed by atoms with Crippen molar-refractivity contribution in [3.8, 4) is 0 Å². The maximum Gasteiger partial charge on any atom is 0.418 e. The lowest BCUT2D eigenvalue weighted by molar-refractivity contribution is -0.384. The summed E-state index contributed by atoms with van der Waals surface area (Å²) in [5, 5.41) is 11.4. The van der Waals surface area contributed by atoms with Gasteiger partial charge in [-0.1, -0.05) is 15.9 Å². The Balaban J connectivity index is 2.89. The van der Waals surface area contributed by atoms with Gasteiger partial charge in [-0.05, 0) is 6.07 Å². The standard InChI is InChI=1S/C15H12BrF3N2O7/c1-26-13(22)8-5-28-6-20(11(8)14(23)27-2)12-9(15(17,18)19)3-7(16)4-10(12)21(24)25/h3-4H,5-6H2,1-2H3. The first kappa shape index (κ1) is 21.6. The van der Waals surface area contributed by atoms with E-state index in [4.69, 9.17) is 4.74 Å². The lowest BCUT2D eigenvalue weighted by Gasteiger charge is -2.32. The van der Waals surface area contributed by atoms with Crippen LogP contribution in [0.3, 0.4) is 0 Å². The molecule has 0 aliphatic carbocycles. The topological polar surface area (TPSA) is 108 Å². The van der Waals surface area contributed by atoms with Crippen LogP contribution in [0.25, 0.3) is 0 Å². The van der Waals surface area contributed by atoms with E-state index in [-0.39, 0.29) is 4.47 Å². The highest BCUT2D eigenvalue weighted by Gasteiger charge is 2.43. The average molecular weight is 469 g/mol. The second-order valence-corrected chi connectivity index (χ2v) is 6.21. The Hall–Kier alpha value is -2.67. The Morgan fingerprint density at radius 3 is 2.36 bits per heavy atom. The largest absolute Gasteiger partial charge is 0.466 e. The Kier molecular flexibility index (Phi) is 6.29. The summed E-state index contributed by atoms with van der Waals surface area (Å²) in [5.41, 5.74) is -4.42. The second-order valence-electron chi connectivity index (χ2n) is 5.29. The number of carbonyl (C=O) groups excluding carboxylic acids is 2. The minimum atomic E-state index is -5.02. The fourth-order valence-electron chi connectivity index (χ4n) is 2.54. The summed E-state index contributed by atoms with van der Waals surface area (Å²) >= 11 is 2.80.